The second kappa shape index (κ2) is 4.51. The Morgan fingerprint density at radius 1 is 1.28 bits per heavy atom. The lowest BCUT2D eigenvalue weighted by atomic mass is 10.0. The molecular formula is C13H12FN3S. The van der Waals surface area contributed by atoms with Crippen molar-refractivity contribution >= 4 is 22.0 Å². The number of fused-ring (bicyclic) bond motifs is 1. The number of hydrogen-bond acceptors (Lipinski definition) is 4. The van der Waals surface area contributed by atoms with Gasteiger partial charge in [-0.25, -0.2) is 4.39 Å². The first-order valence-electron chi connectivity index (χ1n) is 5.65. The molecule has 0 saturated carbocycles. The summed E-state index contributed by atoms with van der Waals surface area (Å²) >= 11 is 1.55. The van der Waals surface area contributed by atoms with Crippen LogP contribution in [0.2, 0.25) is 0 Å². The molecule has 0 saturated heterocycles. The lowest BCUT2D eigenvalue weighted by Crippen LogP contribution is -2.31. The van der Waals surface area contributed by atoms with Crippen LogP contribution in [0.3, 0.4) is 0 Å². The predicted octanol–water partition coefficient (Wildman–Crippen LogP) is 2.43. The molecule has 18 heavy (non-hydrogen) atoms. The molecule has 5 heteroatoms. The molecule has 1 atom stereocenters. The van der Waals surface area contributed by atoms with Crippen molar-refractivity contribution in [3.8, 4) is 0 Å². The maximum Gasteiger partial charge on any atom is 0.132 e. The predicted molar refractivity (Wildman–Crippen MR) is 72.8 cm³/mol. The van der Waals surface area contributed by atoms with E-state index in [1.807, 2.05) is 17.5 Å². The highest BCUT2D eigenvalue weighted by molar-refractivity contribution is 7.14. The molecule has 1 aliphatic rings. The van der Waals surface area contributed by atoms with E-state index in [-0.39, 0.29) is 12.0 Å². The van der Waals surface area contributed by atoms with E-state index in [1.165, 1.54) is 6.07 Å². The number of halogens is 1. The summed E-state index contributed by atoms with van der Waals surface area (Å²) in [7, 11) is 0. The van der Waals surface area contributed by atoms with Crippen LogP contribution in [0.4, 0.5) is 9.39 Å². The zero-order valence-electron chi connectivity index (χ0n) is 9.56. The first-order valence-corrected chi connectivity index (χ1v) is 6.53. The molecule has 2 aromatic rings. The molecule has 1 aromatic heterocycles. The Morgan fingerprint density at radius 3 is 2.94 bits per heavy atom. The molecule has 0 fully saturated rings. The minimum atomic E-state index is -0.260. The van der Waals surface area contributed by atoms with E-state index in [1.54, 1.807) is 23.5 Å². The van der Waals surface area contributed by atoms with Crippen molar-refractivity contribution in [3.63, 3.8) is 0 Å². The Labute approximate surface area is 108 Å². The Hall–Kier alpha value is -1.72. The quantitative estimate of drug-likeness (QED) is 0.828. The summed E-state index contributed by atoms with van der Waals surface area (Å²) in [5.74, 6) is -0.260. The SMILES string of the molecule is NC1CN=C(c2ccccc2F)c2ccsc2N1. The summed E-state index contributed by atoms with van der Waals surface area (Å²) in [6.45, 7) is 0.436. The maximum atomic E-state index is 13.9. The van der Waals surface area contributed by atoms with Gasteiger partial charge in [-0.05, 0) is 23.6 Å². The summed E-state index contributed by atoms with van der Waals surface area (Å²) in [6, 6.07) is 8.62. The molecule has 2 heterocycles. The van der Waals surface area contributed by atoms with Gasteiger partial charge in [-0.2, -0.15) is 0 Å². The number of aliphatic imine (C=N–C) groups is 1. The van der Waals surface area contributed by atoms with Gasteiger partial charge < -0.3 is 11.1 Å². The van der Waals surface area contributed by atoms with Gasteiger partial charge in [-0.15, -0.1) is 11.3 Å². The van der Waals surface area contributed by atoms with Crippen molar-refractivity contribution in [1.82, 2.24) is 0 Å². The Morgan fingerprint density at radius 2 is 2.11 bits per heavy atom. The van der Waals surface area contributed by atoms with Gasteiger partial charge in [0.05, 0.1) is 23.4 Å². The molecule has 0 bridgehead atoms. The van der Waals surface area contributed by atoms with Gasteiger partial charge in [0.2, 0.25) is 0 Å². The van der Waals surface area contributed by atoms with Gasteiger partial charge in [0.15, 0.2) is 0 Å². The van der Waals surface area contributed by atoms with E-state index in [9.17, 15) is 4.39 Å². The fraction of sp³-hybridized carbons (Fsp3) is 0.154. The molecule has 0 aliphatic carbocycles. The van der Waals surface area contributed by atoms with Crippen molar-refractivity contribution in [2.24, 2.45) is 10.7 Å². The molecule has 3 nitrogen and oxygen atoms in total. The van der Waals surface area contributed by atoms with E-state index >= 15 is 0 Å². The fourth-order valence-corrected chi connectivity index (χ4v) is 2.83. The van der Waals surface area contributed by atoms with Crippen LogP contribution in [0.15, 0.2) is 40.7 Å². The fourth-order valence-electron chi connectivity index (χ4n) is 1.98. The number of rotatable bonds is 1. The lowest BCUT2D eigenvalue weighted by Gasteiger charge is -2.08. The topological polar surface area (TPSA) is 50.4 Å². The van der Waals surface area contributed by atoms with Gasteiger partial charge in [0.25, 0.3) is 0 Å². The molecule has 1 aromatic carbocycles. The molecule has 1 unspecified atom stereocenters. The van der Waals surface area contributed by atoms with Crippen molar-refractivity contribution in [2.45, 2.75) is 6.17 Å². The Kier molecular flexibility index (Phi) is 2.85. The molecule has 0 amide bonds. The van der Waals surface area contributed by atoms with Gasteiger partial charge in [-0.3, -0.25) is 4.99 Å². The molecular weight excluding hydrogens is 249 g/mol. The van der Waals surface area contributed by atoms with Crippen LogP contribution in [0.5, 0.6) is 0 Å². The van der Waals surface area contributed by atoms with Crippen molar-refractivity contribution in [3.05, 3.63) is 52.7 Å². The van der Waals surface area contributed by atoms with Crippen LogP contribution in [0.1, 0.15) is 11.1 Å². The van der Waals surface area contributed by atoms with E-state index in [4.69, 9.17) is 5.73 Å². The van der Waals surface area contributed by atoms with Crippen LogP contribution in [-0.2, 0) is 0 Å². The number of thiophene rings is 1. The van der Waals surface area contributed by atoms with Crippen LogP contribution < -0.4 is 11.1 Å². The summed E-state index contributed by atoms with van der Waals surface area (Å²) in [5, 5.41) is 6.08. The third-order valence-corrected chi connectivity index (χ3v) is 3.66. The zero-order chi connectivity index (χ0) is 12.5. The number of anilines is 1. The second-order valence-electron chi connectivity index (χ2n) is 4.08. The highest BCUT2D eigenvalue weighted by Gasteiger charge is 2.20. The van der Waals surface area contributed by atoms with E-state index in [0.717, 1.165) is 10.6 Å². The number of nitrogens with two attached hydrogens (primary N) is 1. The molecule has 0 radical (unpaired) electrons. The monoisotopic (exact) mass is 261 g/mol. The average Bonchev–Trinajstić information content (AvgIpc) is 2.74. The van der Waals surface area contributed by atoms with Gasteiger partial charge in [0.1, 0.15) is 5.82 Å². The highest BCUT2D eigenvalue weighted by Crippen LogP contribution is 2.29. The molecule has 92 valence electrons. The first kappa shape index (κ1) is 11.4. The maximum absolute atomic E-state index is 13.9. The smallest absolute Gasteiger partial charge is 0.132 e. The van der Waals surface area contributed by atoms with Gasteiger partial charge >= 0.3 is 0 Å². The van der Waals surface area contributed by atoms with Crippen molar-refractivity contribution < 1.29 is 4.39 Å². The zero-order valence-corrected chi connectivity index (χ0v) is 10.4. The van der Waals surface area contributed by atoms with E-state index in [0.29, 0.717) is 17.8 Å². The van der Waals surface area contributed by atoms with E-state index in [2.05, 4.69) is 10.3 Å². The van der Waals surface area contributed by atoms with Crippen molar-refractivity contribution in [1.29, 1.82) is 0 Å². The molecule has 1 aliphatic heterocycles. The second-order valence-corrected chi connectivity index (χ2v) is 5.00. The van der Waals surface area contributed by atoms with Crippen LogP contribution in [-0.4, -0.2) is 18.4 Å². The van der Waals surface area contributed by atoms with Crippen molar-refractivity contribution in [2.75, 3.05) is 11.9 Å². The molecule has 0 spiro atoms. The molecule has 3 N–H and O–H groups in total. The first-order chi connectivity index (χ1) is 8.75. The van der Waals surface area contributed by atoms with E-state index < -0.39 is 0 Å². The minimum Gasteiger partial charge on any atom is -0.360 e. The number of nitrogens with zero attached hydrogens (tertiary/aromatic N) is 1. The summed E-state index contributed by atoms with van der Waals surface area (Å²) in [4.78, 5) is 4.44. The van der Waals surface area contributed by atoms with Crippen LogP contribution in [0.25, 0.3) is 0 Å². The normalized spacial score (nSPS) is 18.6. The Balaban J connectivity index is 2.15. The Bertz CT molecular complexity index is 606. The van der Waals surface area contributed by atoms with Gasteiger partial charge in [0, 0.05) is 11.1 Å². The molecule has 3 rings (SSSR count). The standard InChI is InChI=1S/C13H12FN3S/c14-10-4-2-1-3-8(10)12-9-5-6-18-13(9)17-11(15)7-16-12/h1-6,11,17H,7,15H2. The van der Waals surface area contributed by atoms with Crippen LogP contribution >= 0.6 is 11.3 Å². The largest absolute Gasteiger partial charge is 0.360 e. The summed E-state index contributed by atoms with van der Waals surface area (Å²) in [5.41, 5.74) is 7.99. The lowest BCUT2D eigenvalue weighted by molar-refractivity contribution is 0.625. The van der Waals surface area contributed by atoms with Gasteiger partial charge in [-0.1, -0.05) is 12.1 Å². The average molecular weight is 261 g/mol. The highest BCUT2D eigenvalue weighted by atomic mass is 32.1. The number of nitrogens with one attached hydrogen (secondary N) is 1. The third-order valence-electron chi connectivity index (χ3n) is 2.81. The number of hydrogen-bond donors (Lipinski definition) is 2. The summed E-state index contributed by atoms with van der Waals surface area (Å²) in [6.07, 6.45) is -0.230. The third kappa shape index (κ3) is 1.91. The summed E-state index contributed by atoms with van der Waals surface area (Å²) < 4.78 is 13.9. The van der Waals surface area contributed by atoms with Crippen LogP contribution in [0, 0.1) is 5.82 Å². The minimum absolute atomic E-state index is 0.230. The number of benzene rings is 1.